The van der Waals surface area contributed by atoms with E-state index in [2.05, 4.69) is 60.6 Å². The molecule has 0 spiro atoms. The van der Waals surface area contributed by atoms with Crippen LogP contribution >= 0.6 is 0 Å². The lowest BCUT2D eigenvalue weighted by atomic mass is 10.0. The van der Waals surface area contributed by atoms with E-state index in [0.29, 0.717) is 12.5 Å². The fraction of sp³-hybridized carbons (Fsp3) is 0.667. The van der Waals surface area contributed by atoms with Gasteiger partial charge in [-0.2, -0.15) is 0 Å². The van der Waals surface area contributed by atoms with Gasteiger partial charge in [0.15, 0.2) is 5.96 Å². The minimum Gasteiger partial charge on any atom is -0.379 e. The normalized spacial score (nSPS) is 16.1. The smallest absolute Gasteiger partial charge is 0.191 e. The van der Waals surface area contributed by atoms with Gasteiger partial charge in [-0.25, -0.2) is 4.99 Å². The molecular formula is C21H36N4O. The van der Waals surface area contributed by atoms with Crippen LogP contribution < -0.4 is 10.6 Å². The molecule has 0 bridgehead atoms. The molecule has 0 unspecified atom stereocenters. The first kappa shape index (κ1) is 20.7. The summed E-state index contributed by atoms with van der Waals surface area (Å²) >= 11 is 0. The molecule has 1 saturated heterocycles. The zero-order valence-electron chi connectivity index (χ0n) is 16.8. The van der Waals surface area contributed by atoms with Crippen LogP contribution in [0.1, 0.15) is 44.7 Å². The zero-order chi connectivity index (χ0) is 18.6. The van der Waals surface area contributed by atoms with Crippen LogP contribution in [-0.4, -0.2) is 50.3 Å². The van der Waals surface area contributed by atoms with E-state index in [-0.39, 0.29) is 0 Å². The summed E-state index contributed by atoms with van der Waals surface area (Å²) in [6.45, 7) is 13.9. The first-order chi connectivity index (χ1) is 12.8. The molecule has 0 radical (unpaired) electrons. The van der Waals surface area contributed by atoms with Crippen LogP contribution in [-0.2, 0) is 17.8 Å². The van der Waals surface area contributed by atoms with Gasteiger partial charge in [-0.15, -0.1) is 0 Å². The first-order valence-corrected chi connectivity index (χ1v) is 10.2. The maximum Gasteiger partial charge on any atom is 0.191 e. The standard InChI is InChI=1S/C21H36N4O/c1-4-18(5-2)15-23-21(22-6-3)24-16-19-9-7-8-10-20(19)17-25-11-13-26-14-12-25/h7-10,18H,4-6,11-17H2,1-3H3,(H2,22,23,24). The summed E-state index contributed by atoms with van der Waals surface area (Å²) in [6.07, 6.45) is 2.40. The largest absolute Gasteiger partial charge is 0.379 e. The second-order valence-corrected chi connectivity index (χ2v) is 6.92. The van der Waals surface area contributed by atoms with E-state index in [9.17, 15) is 0 Å². The van der Waals surface area contributed by atoms with Crippen LogP contribution in [0.25, 0.3) is 0 Å². The molecule has 5 heteroatoms. The first-order valence-electron chi connectivity index (χ1n) is 10.2. The predicted octanol–water partition coefficient (Wildman–Crippen LogP) is 3.01. The average Bonchev–Trinajstić information content (AvgIpc) is 2.68. The molecule has 0 aromatic heterocycles. The van der Waals surface area contributed by atoms with Gasteiger partial charge < -0.3 is 15.4 Å². The van der Waals surface area contributed by atoms with Gasteiger partial charge in [0.25, 0.3) is 0 Å². The third-order valence-corrected chi connectivity index (χ3v) is 5.08. The van der Waals surface area contributed by atoms with Crippen molar-refractivity contribution in [2.75, 3.05) is 39.4 Å². The summed E-state index contributed by atoms with van der Waals surface area (Å²) in [5, 5.41) is 6.87. The molecule has 5 nitrogen and oxygen atoms in total. The van der Waals surface area contributed by atoms with E-state index < -0.39 is 0 Å². The fourth-order valence-electron chi connectivity index (χ4n) is 3.19. The molecule has 26 heavy (non-hydrogen) atoms. The Kier molecular flexibility index (Phi) is 9.50. The molecule has 1 fully saturated rings. The fourth-order valence-corrected chi connectivity index (χ4v) is 3.19. The lowest BCUT2D eigenvalue weighted by Crippen LogP contribution is -2.39. The minimum absolute atomic E-state index is 0.701. The number of morpholine rings is 1. The van der Waals surface area contributed by atoms with Crippen LogP contribution in [0, 0.1) is 5.92 Å². The summed E-state index contributed by atoms with van der Waals surface area (Å²) in [7, 11) is 0. The third-order valence-electron chi connectivity index (χ3n) is 5.08. The molecule has 0 atom stereocenters. The van der Waals surface area contributed by atoms with Crippen LogP contribution in [0.5, 0.6) is 0 Å². The van der Waals surface area contributed by atoms with E-state index in [4.69, 9.17) is 9.73 Å². The number of guanidine groups is 1. The Labute approximate surface area is 159 Å². The minimum atomic E-state index is 0.701. The highest BCUT2D eigenvalue weighted by atomic mass is 16.5. The maximum atomic E-state index is 5.46. The topological polar surface area (TPSA) is 48.9 Å². The molecule has 1 aromatic carbocycles. The monoisotopic (exact) mass is 360 g/mol. The van der Waals surface area contributed by atoms with Gasteiger partial charge in [-0.1, -0.05) is 51.0 Å². The van der Waals surface area contributed by atoms with Crippen LogP contribution in [0.15, 0.2) is 29.3 Å². The number of hydrogen-bond donors (Lipinski definition) is 2. The van der Waals surface area contributed by atoms with Crippen molar-refractivity contribution >= 4 is 5.96 Å². The number of benzene rings is 1. The summed E-state index contributed by atoms with van der Waals surface area (Å²) in [5.41, 5.74) is 2.67. The SMILES string of the molecule is CCNC(=NCc1ccccc1CN1CCOCC1)NCC(CC)CC. The Hall–Kier alpha value is -1.59. The van der Waals surface area contributed by atoms with Gasteiger partial charge >= 0.3 is 0 Å². The van der Waals surface area contributed by atoms with Crippen LogP contribution in [0.3, 0.4) is 0 Å². The molecule has 1 aliphatic heterocycles. The second-order valence-electron chi connectivity index (χ2n) is 6.92. The van der Waals surface area contributed by atoms with E-state index in [0.717, 1.165) is 51.9 Å². The number of aliphatic imine (C=N–C) groups is 1. The number of nitrogens with zero attached hydrogens (tertiary/aromatic N) is 2. The van der Waals surface area contributed by atoms with Gasteiger partial charge in [0.05, 0.1) is 19.8 Å². The highest BCUT2D eigenvalue weighted by Gasteiger charge is 2.12. The summed E-state index contributed by atoms with van der Waals surface area (Å²) in [4.78, 5) is 7.29. The van der Waals surface area contributed by atoms with Gasteiger partial charge in [0.2, 0.25) is 0 Å². The van der Waals surface area contributed by atoms with Crippen molar-refractivity contribution in [2.24, 2.45) is 10.9 Å². The number of rotatable bonds is 9. The van der Waals surface area contributed by atoms with Gasteiger partial charge in [-0.3, -0.25) is 4.90 Å². The van der Waals surface area contributed by atoms with E-state index in [1.54, 1.807) is 0 Å². The molecule has 1 aliphatic rings. The summed E-state index contributed by atoms with van der Waals surface area (Å²) in [5.74, 6) is 1.62. The van der Waals surface area contributed by atoms with E-state index in [1.807, 2.05) is 0 Å². The second kappa shape index (κ2) is 11.9. The molecule has 1 aromatic rings. The van der Waals surface area contributed by atoms with Crippen molar-refractivity contribution in [1.82, 2.24) is 15.5 Å². The van der Waals surface area contributed by atoms with Crippen molar-refractivity contribution in [3.8, 4) is 0 Å². The zero-order valence-corrected chi connectivity index (χ0v) is 16.8. The molecule has 2 N–H and O–H groups in total. The van der Waals surface area contributed by atoms with Gasteiger partial charge in [0.1, 0.15) is 0 Å². The number of ether oxygens (including phenoxy) is 1. The van der Waals surface area contributed by atoms with Crippen molar-refractivity contribution in [1.29, 1.82) is 0 Å². The van der Waals surface area contributed by atoms with Crippen molar-refractivity contribution < 1.29 is 4.74 Å². The van der Waals surface area contributed by atoms with Crippen molar-refractivity contribution in [2.45, 2.75) is 46.7 Å². The molecule has 0 aliphatic carbocycles. The van der Waals surface area contributed by atoms with E-state index >= 15 is 0 Å². The Bertz CT molecular complexity index is 537. The summed E-state index contributed by atoms with van der Waals surface area (Å²) < 4.78 is 5.46. The molecule has 0 amide bonds. The van der Waals surface area contributed by atoms with Crippen molar-refractivity contribution in [3.05, 3.63) is 35.4 Å². The van der Waals surface area contributed by atoms with E-state index in [1.165, 1.54) is 24.0 Å². The number of hydrogen-bond acceptors (Lipinski definition) is 3. The Morgan fingerprint density at radius 3 is 2.42 bits per heavy atom. The molecule has 0 saturated carbocycles. The lowest BCUT2D eigenvalue weighted by molar-refractivity contribution is 0.0341. The lowest BCUT2D eigenvalue weighted by Gasteiger charge is -2.27. The van der Waals surface area contributed by atoms with Gasteiger partial charge in [-0.05, 0) is 24.0 Å². The predicted molar refractivity (Wildman–Crippen MR) is 109 cm³/mol. The molecule has 2 rings (SSSR count). The van der Waals surface area contributed by atoms with Crippen LogP contribution in [0.2, 0.25) is 0 Å². The van der Waals surface area contributed by atoms with Crippen molar-refractivity contribution in [3.63, 3.8) is 0 Å². The summed E-state index contributed by atoms with van der Waals surface area (Å²) in [6, 6.07) is 8.66. The Morgan fingerprint density at radius 2 is 1.77 bits per heavy atom. The quantitative estimate of drug-likeness (QED) is 0.525. The number of nitrogens with one attached hydrogen (secondary N) is 2. The molecule has 146 valence electrons. The van der Waals surface area contributed by atoms with Crippen LogP contribution in [0.4, 0.5) is 0 Å². The third kappa shape index (κ3) is 6.96. The maximum absolute atomic E-state index is 5.46. The van der Waals surface area contributed by atoms with Gasteiger partial charge in [0, 0.05) is 32.7 Å². The Morgan fingerprint density at radius 1 is 1.08 bits per heavy atom. The highest BCUT2D eigenvalue weighted by Crippen LogP contribution is 2.14. The molecular weight excluding hydrogens is 324 g/mol. The Balaban J connectivity index is 1.98. The molecule has 1 heterocycles. The highest BCUT2D eigenvalue weighted by molar-refractivity contribution is 5.79. The average molecular weight is 361 g/mol.